The topological polar surface area (TPSA) is 107 Å². The number of aromatic hydroxyl groups is 1. The molecule has 2 N–H and O–H groups in total. The number of H-pyrrole nitrogens is 1. The van der Waals surface area contributed by atoms with Gasteiger partial charge in [-0.25, -0.2) is 4.79 Å². The second-order valence-electron chi connectivity index (χ2n) is 6.07. The Kier molecular flexibility index (Phi) is 5.63. The monoisotopic (exact) mass is 399 g/mol. The molecule has 0 fully saturated rings. The summed E-state index contributed by atoms with van der Waals surface area (Å²) < 4.78 is 20.7. The Labute approximate surface area is 167 Å². The second kappa shape index (κ2) is 8.14. The average Bonchev–Trinajstić information content (AvgIpc) is 3.11. The number of fused-ring (bicyclic) bond motifs is 1. The van der Waals surface area contributed by atoms with E-state index in [-0.39, 0.29) is 40.7 Å². The Bertz CT molecular complexity index is 1080. The summed E-state index contributed by atoms with van der Waals surface area (Å²) in [4.78, 5) is 28.8. The van der Waals surface area contributed by atoms with Gasteiger partial charge in [0.25, 0.3) is 0 Å². The van der Waals surface area contributed by atoms with Crippen LogP contribution in [0, 0.1) is 0 Å². The number of hydrogen-bond acceptors (Lipinski definition) is 7. The zero-order chi connectivity index (χ0) is 21.1. The number of ether oxygens (including phenoxy) is 4. The van der Waals surface area contributed by atoms with Gasteiger partial charge in [-0.1, -0.05) is 0 Å². The third kappa shape index (κ3) is 3.56. The van der Waals surface area contributed by atoms with E-state index in [2.05, 4.69) is 4.98 Å². The van der Waals surface area contributed by atoms with Crippen molar-refractivity contribution in [1.82, 2.24) is 4.98 Å². The molecule has 0 saturated carbocycles. The lowest BCUT2D eigenvalue weighted by atomic mass is 9.99. The lowest BCUT2D eigenvalue weighted by molar-refractivity contribution is 0.0518. The normalized spacial score (nSPS) is 10.6. The van der Waals surface area contributed by atoms with Crippen LogP contribution in [0.3, 0.4) is 0 Å². The molecule has 29 heavy (non-hydrogen) atoms. The summed E-state index contributed by atoms with van der Waals surface area (Å²) in [7, 11) is 4.28. The van der Waals surface area contributed by atoms with E-state index in [9.17, 15) is 14.7 Å². The summed E-state index contributed by atoms with van der Waals surface area (Å²) in [6.45, 7) is 1.83. The van der Waals surface area contributed by atoms with Gasteiger partial charge in [0.15, 0.2) is 17.3 Å². The van der Waals surface area contributed by atoms with Crippen LogP contribution in [0.25, 0.3) is 10.9 Å². The van der Waals surface area contributed by atoms with Crippen LogP contribution < -0.4 is 14.2 Å². The molecule has 0 spiro atoms. The van der Waals surface area contributed by atoms with E-state index in [1.165, 1.54) is 33.5 Å². The quantitative estimate of drug-likeness (QED) is 0.464. The number of aromatic amines is 1. The molecule has 2 aromatic carbocycles. The van der Waals surface area contributed by atoms with Gasteiger partial charge in [-0.3, -0.25) is 4.79 Å². The van der Waals surface area contributed by atoms with E-state index in [0.717, 1.165) is 0 Å². The van der Waals surface area contributed by atoms with Crippen LogP contribution in [-0.4, -0.2) is 49.8 Å². The fourth-order valence-corrected chi connectivity index (χ4v) is 3.11. The minimum absolute atomic E-state index is 0.0226. The summed E-state index contributed by atoms with van der Waals surface area (Å²) in [6.07, 6.45) is 0. The van der Waals surface area contributed by atoms with Crippen molar-refractivity contribution in [2.45, 2.75) is 6.92 Å². The first-order valence-corrected chi connectivity index (χ1v) is 8.81. The zero-order valence-corrected chi connectivity index (χ0v) is 16.5. The Balaban J connectivity index is 2.24. The van der Waals surface area contributed by atoms with E-state index < -0.39 is 11.8 Å². The molecule has 0 aliphatic rings. The van der Waals surface area contributed by atoms with Gasteiger partial charge in [-0.2, -0.15) is 0 Å². The fourth-order valence-electron chi connectivity index (χ4n) is 3.11. The zero-order valence-electron chi connectivity index (χ0n) is 16.5. The Morgan fingerprint density at radius 1 is 1.03 bits per heavy atom. The molecule has 0 saturated heterocycles. The van der Waals surface area contributed by atoms with Crippen molar-refractivity contribution in [3.63, 3.8) is 0 Å². The van der Waals surface area contributed by atoms with Gasteiger partial charge in [0.1, 0.15) is 11.4 Å². The molecule has 0 bridgehead atoms. The predicted octanol–water partition coefficient (Wildman–Crippen LogP) is 3.31. The summed E-state index contributed by atoms with van der Waals surface area (Å²) in [5.74, 6) is -0.595. The summed E-state index contributed by atoms with van der Waals surface area (Å²) >= 11 is 0. The van der Waals surface area contributed by atoms with Crippen molar-refractivity contribution in [3.05, 3.63) is 47.2 Å². The molecule has 0 aliphatic carbocycles. The van der Waals surface area contributed by atoms with E-state index in [1.807, 2.05) is 0 Å². The number of rotatable bonds is 7. The number of ketones is 1. The summed E-state index contributed by atoms with van der Waals surface area (Å²) in [5.41, 5.74) is 0.828. The highest BCUT2D eigenvalue weighted by Crippen LogP contribution is 2.39. The molecule has 152 valence electrons. The van der Waals surface area contributed by atoms with Crippen molar-refractivity contribution in [2.24, 2.45) is 0 Å². The first-order chi connectivity index (χ1) is 13.9. The van der Waals surface area contributed by atoms with Crippen molar-refractivity contribution >= 4 is 22.7 Å². The van der Waals surface area contributed by atoms with Gasteiger partial charge < -0.3 is 29.0 Å². The highest BCUT2D eigenvalue weighted by atomic mass is 16.5. The van der Waals surface area contributed by atoms with E-state index in [1.54, 1.807) is 25.1 Å². The highest BCUT2D eigenvalue weighted by molar-refractivity contribution is 6.21. The standard InChI is InChI=1S/C21H21NO7/c1-5-29-21(25)18-17(13-10-12(26-2)6-7-14(13)22-18)19(24)11-8-15(23)20(28-4)16(9-11)27-3/h6-10,22-23H,5H2,1-4H3. The lowest BCUT2D eigenvalue weighted by Gasteiger charge is -2.12. The number of hydrogen-bond donors (Lipinski definition) is 2. The first kappa shape index (κ1) is 20.1. The van der Waals surface area contributed by atoms with Crippen LogP contribution in [0.1, 0.15) is 33.3 Å². The number of aromatic nitrogens is 1. The molecule has 8 nitrogen and oxygen atoms in total. The third-order valence-corrected chi connectivity index (χ3v) is 4.43. The molecule has 8 heteroatoms. The van der Waals surface area contributed by atoms with Crippen molar-refractivity contribution < 1.29 is 33.6 Å². The van der Waals surface area contributed by atoms with Gasteiger partial charge in [0, 0.05) is 16.5 Å². The maximum Gasteiger partial charge on any atom is 0.355 e. The van der Waals surface area contributed by atoms with Crippen LogP contribution in [0.15, 0.2) is 30.3 Å². The van der Waals surface area contributed by atoms with Crippen LogP contribution in [0.4, 0.5) is 0 Å². The number of carbonyl (C=O) groups is 2. The Morgan fingerprint density at radius 3 is 2.41 bits per heavy atom. The summed E-state index contributed by atoms with van der Waals surface area (Å²) in [6, 6.07) is 7.78. The maximum atomic E-state index is 13.4. The number of benzene rings is 2. The number of esters is 1. The van der Waals surface area contributed by atoms with Gasteiger partial charge in [-0.15, -0.1) is 0 Å². The van der Waals surface area contributed by atoms with Crippen molar-refractivity contribution in [2.75, 3.05) is 27.9 Å². The number of phenolic OH excluding ortho intramolecular Hbond substituents is 1. The molecule has 0 radical (unpaired) electrons. The van der Waals surface area contributed by atoms with Crippen LogP contribution in [0.2, 0.25) is 0 Å². The minimum Gasteiger partial charge on any atom is -0.504 e. The van der Waals surface area contributed by atoms with Crippen molar-refractivity contribution in [3.8, 4) is 23.0 Å². The van der Waals surface area contributed by atoms with Gasteiger partial charge >= 0.3 is 5.97 Å². The van der Waals surface area contributed by atoms with Crippen LogP contribution in [0.5, 0.6) is 23.0 Å². The summed E-state index contributed by atoms with van der Waals surface area (Å²) in [5, 5.41) is 10.7. The number of carbonyl (C=O) groups excluding carboxylic acids is 2. The molecule has 0 aliphatic heterocycles. The second-order valence-corrected chi connectivity index (χ2v) is 6.07. The number of phenols is 1. The molecule has 3 rings (SSSR count). The molecule has 0 amide bonds. The number of nitrogens with one attached hydrogen (secondary N) is 1. The molecule has 3 aromatic rings. The van der Waals surface area contributed by atoms with Crippen LogP contribution in [-0.2, 0) is 4.74 Å². The minimum atomic E-state index is -0.657. The van der Waals surface area contributed by atoms with Gasteiger partial charge in [0.2, 0.25) is 5.75 Å². The van der Waals surface area contributed by atoms with E-state index >= 15 is 0 Å². The molecule has 1 heterocycles. The lowest BCUT2D eigenvalue weighted by Crippen LogP contribution is -2.12. The SMILES string of the molecule is CCOC(=O)c1[nH]c2ccc(OC)cc2c1C(=O)c1cc(O)c(OC)c(OC)c1. The van der Waals surface area contributed by atoms with Gasteiger partial charge in [-0.05, 0) is 37.3 Å². The maximum absolute atomic E-state index is 13.4. The van der Waals surface area contributed by atoms with E-state index in [4.69, 9.17) is 18.9 Å². The molecular formula is C21H21NO7. The number of methoxy groups -OCH3 is 3. The Morgan fingerprint density at radius 2 is 1.79 bits per heavy atom. The average molecular weight is 399 g/mol. The molecular weight excluding hydrogens is 378 g/mol. The first-order valence-electron chi connectivity index (χ1n) is 8.81. The fraction of sp³-hybridized carbons (Fsp3) is 0.238. The highest BCUT2D eigenvalue weighted by Gasteiger charge is 2.27. The Hall–Kier alpha value is -3.68. The largest absolute Gasteiger partial charge is 0.504 e. The van der Waals surface area contributed by atoms with E-state index in [0.29, 0.717) is 16.7 Å². The van der Waals surface area contributed by atoms with Crippen molar-refractivity contribution in [1.29, 1.82) is 0 Å². The smallest absolute Gasteiger partial charge is 0.355 e. The third-order valence-electron chi connectivity index (χ3n) is 4.43. The molecule has 0 atom stereocenters. The van der Waals surface area contributed by atoms with Gasteiger partial charge in [0.05, 0.1) is 33.5 Å². The molecule has 0 unspecified atom stereocenters. The molecule has 1 aromatic heterocycles. The van der Waals surface area contributed by atoms with Crippen LogP contribution >= 0.6 is 0 Å². The predicted molar refractivity (Wildman–Crippen MR) is 105 cm³/mol.